The van der Waals surface area contributed by atoms with E-state index in [1.54, 1.807) is 12.3 Å². The van der Waals surface area contributed by atoms with Gasteiger partial charge in [-0.3, -0.25) is 0 Å². The second kappa shape index (κ2) is 7.65. The normalized spacial score (nSPS) is 12.8. The lowest BCUT2D eigenvalue weighted by atomic mass is 10.1. The number of anilines is 1. The Bertz CT molecular complexity index is 921. The molecule has 2 heterocycles. The number of halogens is 4. The molecule has 0 radical (unpaired) electrons. The van der Waals surface area contributed by atoms with Crippen LogP contribution >= 0.6 is 15.9 Å². The van der Waals surface area contributed by atoms with Gasteiger partial charge in [-0.15, -0.1) is 0 Å². The van der Waals surface area contributed by atoms with Gasteiger partial charge >= 0.3 is 6.18 Å². The molecule has 0 saturated heterocycles. The van der Waals surface area contributed by atoms with Crippen molar-refractivity contribution in [2.24, 2.45) is 5.73 Å². The summed E-state index contributed by atoms with van der Waals surface area (Å²) in [6, 6.07) is 6.41. The number of nitrogens with one attached hydrogen (secondary N) is 2. The fourth-order valence-corrected chi connectivity index (χ4v) is 2.78. The quantitative estimate of drug-likeness (QED) is 0.555. The summed E-state index contributed by atoms with van der Waals surface area (Å²) in [5.74, 6) is 0.838. The third-order valence-electron chi connectivity index (χ3n) is 3.63. The molecule has 10 heteroatoms. The lowest BCUT2D eigenvalue weighted by Crippen LogP contribution is -2.25. The fraction of sp³-hybridized carbons (Fsp3) is 0.235. The van der Waals surface area contributed by atoms with Crippen molar-refractivity contribution in [3.63, 3.8) is 0 Å². The van der Waals surface area contributed by atoms with Crippen LogP contribution in [0.3, 0.4) is 0 Å². The summed E-state index contributed by atoms with van der Waals surface area (Å²) < 4.78 is 38.7. The largest absolute Gasteiger partial charge is 0.416 e. The number of hydrogen-bond acceptors (Lipinski definition) is 5. The van der Waals surface area contributed by atoms with E-state index in [0.717, 1.165) is 12.1 Å². The molecule has 1 atom stereocenters. The van der Waals surface area contributed by atoms with E-state index >= 15 is 0 Å². The molecule has 3 rings (SSSR count). The smallest absolute Gasteiger partial charge is 0.353 e. The van der Waals surface area contributed by atoms with Gasteiger partial charge in [0.25, 0.3) is 0 Å². The second-order valence-electron chi connectivity index (χ2n) is 5.95. The minimum atomic E-state index is -4.38. The number of H-pyrrole nitrogens is 1. The van der Waals surface area contributed by atoms with Crippen LogP contribution in [0.5, 0.6) is 0 Å². The highest BCUT2D eigenvalue weighted by atomic mass is 79.9. The minimum Gasteiger partial charge on any atom is -0.353 e. The Morgan fingerprint density at radius 3 is 2.52 bits per heavy atom. The number of hydrogen-bond donors (Lipinski definition) is 3. The molecule has 1 aromatic carbocycles. The Balaban J connectivity index is 1.88. The van der Waals surface area contributed by atoms with Crippen LogP contribution in [-0.4, -0.2) is 32.5 Å². The molecule has 3 aromatic rings. The number of imidazole rings is 1. The number of nitrogens with zero attached hydrogens (tertiary/aromatic N) is 3. The predicted molar refractivity (Wildman–Crippen MR) is 99.9 cm³/mol. The zero-order valence-corrected chi connectivity index (χ0v) is 15.8. The number of aromatic amines is 1. The molecule has 142 valence electrons. The SMILES string of the molecule is C[C@H](N)CNc1nccc(-c2nc(-c3ccc(C(F)(F)F)cc3)[nH]c2Br)n1. The molecule has 0 unspecified atom stereocenters. The highest BCUT2D eigenvalue weighted by Crippen LogP contribution is 2.32. The number of rotatable bonds is 5. The van der Waals surface area contributed by atoms with Gasteiger partial charge in [0, 0.05) is 24.3 Å². The number of benzene rings is 1. The summed E-state index contributed by atoms with van der Waals surface area (Å²) in [7, 11) is 0. The summed E-state index contributed by atoms with van der Waals surface area (Å²) in [5, 5.41) is 3.03. The molecule has 0 fully saturated rings. The third-order valence-corrected chi connectivity index (χ3v) is 4.20. The Kier molecular flexibility index (Phi) is 5.47. The van der Waals surface area contributed by atoms with Crippen LogP contribution in [-0.2, 0) is 6.18 Å². The summed E-state index contributed by atoms with van der Waals surface area (Å²) >= 11 is 3.39. The maximum atomic E-state index is 12.7. The first kappa shape index (κ1) is 19.3. The number of nitrogens with two attached hydrogens (primary N) is 1. The summed E-state index contributed by atoms with van der Waals surface area (Å²) in [4.78, 5) is 16.0. The van der Waals surface area contributed by atoms with Crippen LogP contribution in [0, 0.1) is 0 Å². The molecule has 0 aliphatic heterocycles. The molecule has 6 nitrogen and oxygen atoms in total. The van der Waals surface area contributed by atoms with E-state index in [1.165, 1.54) is 12.1 Å². The molecule has 0 amide bonds. The van der Waals surface area contributed by atoms with Crippen LogP contribution < -0.4 is 11.1 Å². The first-order valence-corrected chi connectivity index (χ1v) is 8.79. The van der Waals surface area contributed by atoms with Crippen LogP contribution in [0.4, 0.5) is 19.1 Å². The zero-order valence-electron chi connectivity index (χ0n) is 14.2. The Hall–Kier alpha value is -2.46. The van der Waals surface area contributed by atoms with Crippen LogP contribution in [0.15, 0.2) is 41.1 Å². The van der Waals surface area contributed by atoms with Gasteiger partial charge in [-0.2, -0.15) is 13.2 Å². The molecule has 0 aliphatic carbocycles. The topological polar surface area (TPSA) is 92.5 Å². The van der Waals surface area contributed by atoms with Crippen molar-refractivity contribution >= 4 is 21.9 Å². The van der Waals surface area contributed by atoms with Gasteiger partial charge in [-0.1, -0.05) is 12.1 Å². The average Bonchev–Trinajstić information content (AvgIpc) is 3.01. The van der Waals surface area contributed by atoms with Crippen LogP contribution in [0.2, 0.25) is 0 Å². The van der Waals surface area contributed by atoms with Crippen LogP contribution in [0.25, 0.3) is 22.8 Å². The van der Waals surface area contributed by atoms with Gasteiger partial charge in [0.05, 0.1) is 11.3 Å². The van der Waals surface area contributed by atoms with E-state index in [-0.39, 0.29) is 6.04 Å². The van der Waals surface area contributed by atoms with Crippen LogP contribution in [0.1, 0.15) is 12.5 Å². The van der Waals surface area contributed by atoms with Crippen molar-refractivity contribution in [2.75, 3.05) is 11.9 Å². The molecule has 27 heavy (non-hydrogen) atoms. The molecule has 4 N–H and O–H groups in total. The molecule has 2 aromatic heterocycles. The van der Waals surface area contributed by atoms with Gasteiger partial charge in [0.1, 0.15) is 16.1 Å². The molecule has 0 saturated carbocycles. The number of alkyl halides is 3. The Labute approximate surface area is 161 Å². The van der Waals surface area contributed by atoms with Crippen molar-refractivity contribution in [2.45, 2.75) is 19.1 Å². The van der Waals surface area contributed by atoms with Gasteiger partial charge in [-0.25, -0.2) is 15.0 Å². The highest BCUT2D eigenvalue weighted by Gasteiger charge is 2.30. The zero-order chi connectivity index (χ0) is 19.6. The lowest BCUT2D eigenvalue weighted by molar-refractivity contribution is -0.137. The van der Waals surface area contributed by atoms with E-state index in [4.69, 9.17) is 5.73 Å². The first-order valence-electron chi connectivity index (χ1n) is 8.00. The van der Waals surface area contributed by atoms with Crippen molar-refractivity contribution in [3.05, 3.63) is 46.7 Å². The molecule has 0 spiro atoms. The second-order valence-corrected chi connectivity index (χ2v) is 6.74. The summed E-state index contributed by atoms with van der Waals surface area (Å²) in [6.45, 7) is 2.37. The lowest BCUT2D eigenvalue weighted by Gasteiger charge is -2.07. The monoisotopic (exact) mass is 440 g/mol. The van der Waals surface area contributed by atoms with Crippen molar-refractivity contribution in [3.8, 4) is 22.8 Å². The van der Waals surface area contributed by atoms with Crippen molar-refractivity contribution in [1.29, 1.82) is 0 Å². The molecule has 0 bridgehead atoms. The molecule has 0 aliphatic rings. The summed E-state index contributed by atoms with van der Waals surface area (Å²) in [5.41, 5.74) is 6.60. The number of aromatic nitrogens is 4. The standard InChI is InChI=1S/C17H16BrF3N6/c1-9(22)8-24-16-23-7-6-12(25-16)13-14(18)27-15(26-13)10-2-4-11(5-3-10)17(19,20)21/h2-7,9H,8,22H2,1H3,(H,26,27)(H,23,24,25)/t9-/m0/s1. The minimum absolute atomic E-state index is 0.0550. The summed E-state index contributed by atoms with van der Waals surface area (Å²) in [6.07, 6.45) is -2.79. The first-order chi connectivity index (χ1) is 12.7. The average molecular weight is 441 g/mol. The van der Waals surface area contributed by atoms with Crippen molar-refractivity contribution < 1.29 is 13.2 Å². The maximum absolute atomic E-state index is 12.7. The van der Waals surface area contributed by atoms with E-state index in [0.29, 0.717) is 39.9 Å². The molecular weight excluding hydrogens is 425 g/mol. The predicted octanol–water partition coefficient (Wildman–Crippen LogP) is 4.07. The van der Waals surface area contributed by atoms with E-state index < -0.39 is 11.7 Å². The maximum Gasteiger partial charge on any atom is 0.416 e. The van der Waals surface area contributed by atoms with Gasteiger partial charge in [0.2, 0.25) is 5.95 Å². The highest BCUT2D eigenvalue weighted by molar-refractivity contribution is 9.10. The molecular formula is C17H16BrF3N6. The van der Waals surface area contributed by atoms with E-state index in [9.17, 15) is 13.2 Å². The van der Waals surface area contributed by atoms with E-state index in [2.05, 4.69) is 41.2 Å². The van der Waals surface area contributed by atoms with E-state index in [1.807, 2.05) is 6.92 Å². The fourth-order valence-electron chi connectivity index (χ4n) is 2.30. The van der Waals surface area contributed by atoms with Gasteiger partial charge in [0.15, 0.2) is 0 Å². The van der Waals surface area contributed by atoms with Gasteiger partial charge in [-0.05, 0) is 41.1 Å². The Morgan fingerprint density at radius 2 is 1.89 bits per heavy atom. The third kappa shape index (κ3) is 4.64. The van der Waals surface area contributed by atoms with Gasteiger partial charge < -0.3 is 16.0 Å². The Morgan fingerprint density at radius 1 is 1.19 bits per heavy atom. The van der Waals surface area contributed by atoms with Crippen molar-refractivity contribution in [1.82, 2.24) is 19.9 Å².